The Kier molecular flexibility index (Phi) is 9.12. The Morgan fingerprint density at radius 3 is 0.730 bits per heavy atom. The normalized spacial score (nSPS) is 9.95. The van der Waals surface area contributed by atoms with E-state index in [1.54, 1.807) is 12.7 Å². The van der Waals surface area contributed by atoms with E-state index in [0.29, 0.717) is 0 Å². The van der Waals surface area contributed by atoms with Gasteiger partial charge in [0.1, 0.15) is 12.7 Å². The van der Waals surface area contributed by atoms with Crippen molar-refractivity contribution in [2.45, 2.75) is 0 Å². The molecule has 6 aromatic rings. The molecule has 0 saturated heterocycles. The van der Waals surface area contributed by atoms with Gasteiger partial charge in [0.05, 0.1) is 22.8 Å². The third-order valence-corrected chi connectivity index (χ3v) is 5.61. The van der Waals surface area contributed by atoms with Gasteiger partial charge in [-0.2, -0.15) is 0 Å². The Bertz CT molecular complexity index is 1280. The monoisotopic (exact) mass is 566 g/mol. The van der Waals surface area contributed by atoms with Crippen LogP contribution >= 0.6 is 0 Å². The van der Waals surface area contributed by atoms with Gasteiger partial charge in [0, 0.05) is 22.3 Å². The summed E-state index contributed by atoms with van der Waals surface area (Å²) in [6.45, 7) is 0. The van der Waals surface area contributed by atoms with E-state index in [0.717, 1.165) is 45.0 Å². The van der Waals surface area contributed by atoms with Gasteiger partial charge in [-0.25, -0.2) is 19.9 Å². The quantitative estimate of drug-likeness (QED) is 0.206. The second kappa shape index (κ2) is 13.1. The molecule has 0 spiro atoms. The minimum Gasteiger partial charge on any atom is -0.236 e. The summed E-state index contributed by atoms with van der Waals surface area (Å²) in [7, 11) is 0. The van der Waals surface area contributed by atoms with E-state index in [1.807, 2.05) is 84.9 Å². The van der Waals surface area contributed by atoms with Crippen molar-refractivity contribution in [1.82, 2.24) is 19.9 Å². The first-order valence-corrected chi connectivity index (χ1v) is 11.7. The fraction of sp³-hybridized carbons (Fsp3) is 0. The molecule has 0 aliphatic carbocycles. The predicted molar refractivity (Wildman–Crippen MR) is 146 cm³/mol. The summed E-state index contributed by atoms with van der Waals surface area (Å²) in [6.07, 6.45) is 3.23. The first-order valence-electron chi connectivity index (χ1n) is 11.7. The number of aromatic nitrogens is 4. The molecule has 0 bridgehead atoms. The summed E-state index contributed by atoms with van der Waals surface area (Å²) < 4.78 is 0. The molecule has 0 saturated carbocycles. The van der Waals surface area contributed by atoms with Gasteiger partial charge in [-0.1, -0.05) is 121 Å². The molecular formula is C32H24N4Ru+3. The summed E-state index contributed by atoms with van der Waals surface area (Å²) in [5.41, 5.74) is 8.23. The van der Waals surface area contributed by atoms with Crippen molar-refractivity contribution in [1.29, 1.82) is 0 Å². The van der Waals surface area contributed by atoms with Gasteiger partial charge in [-0.05, 0) is 12.1 Å². The van der Waals surface area contributed by atoms with Crippen molar-refractivity contribution in [3.05, 3.63) is 146 Å². The van der Waals surface area contributed by atoms with Crippen LogP contribution in [0.3, 0.4) is 0 Å². The molecule has 0 aliphatic heterocycles. The maximum absolute atomic E-state index is 4.32. The third-order valence-electron chi connectivity index (χ3n) is 5.61. The van der Waals surface area contributed by atoms with Crippen LogP contribution in [-0.4, -0.2) is 19.9 Å². The second-order valence-corrected chi connectivity index (χ2v) is 8.04. The van der Waals surface area contributed by atoms with Gasteiger partial charge >= 0.3 is 19.5 Å². The second-order valence-electron chi connectivity index (χ2n) is 8.04. The Balaban J connectivity index is 0.000000168. The van der Waals surface area contributed by atoms with E-state index in [2.05, 4.69) is 68.5 Å². The third kappa shape index (κ3) is 6.87. The molecule has 0 unspecified atom stereocenters. The van der Waals surface area contributed by atoms with Crippen LogP contribution in [0.2, 0.25) is 0 Å². The Hall–Kier alpha value is -4.34. The van der Waals surface area contributed by atoms with Gasteiger partial charge in [-0.3, -0.25) is 0 Å². The van der Waals surface area contributed by atoms with Crippen LogP contribution in [0.5, 0.6) is 0 Å². The molecule has 0 fully saturated rings. The van der Waals surface area contributed by atoms with Crippen molar-refractivity contribution in [2.75, 3.05) is 0 Å². The van der Waals surface area contributed by atoms with E-state index < -0.39 is 0 Å². The molecule has 2 aromatic heterocycles. The number of hydrogen-bond donors (Lipinski definition) is 0. The molecule has 0 aliphatic rings. The standard InChI is InChI=1S/2C16H12N2.Ru/c2*1-3-7-13(8-4-1)15-11-16(18-12-17-15)14-9-5-2-6-10-14;/h2*1-12H;/q;;+3. The molecule has 2 heterocycles. The number of rotatable bonds is 4. The van der Waals surface area contributed by atoms with Gasteiger partial charge < -0.3 is 0 Å². The zero-order chi connectivity index (χ0) is 24.4. The Labute approximate surface area is 229 Å². The summed E-state index contributed by atoms with van der Waals surface area (Å²) in [6, 6.07) is 44.6. The Morgan fingerprint density at radius 2 is 0.514 bits per heavy atom. The SMILES string of the molecule is [Ru+3].c1ccc(-c2cc(-c3ccccc3)ncn2)cc1.c1ccc(-c2cc(-c3ccccc3)ncn2)cc1. The molecule has 37 heavy (non-hydrogen) atoms. The maximum atomic E-state index is 4.32. The molecule has 4 aromatic carbocycles. The van der Waals surface area contributed by atoms with Crippen LogP contribution in [-0.2, 0) is 19.5 Å². The molecule has 0 N–H and O–H groups in total. The average Bonchev–Trinajstić information content (AvgIpc) is 2.99. The zero-order valence-electron chi connectivity index (χ0n) is 20.0. The van der Waals surface area contributed by atoms with Crippen molar-refractivity contribution < 1.29 is 19.5 Å². The van der Waals surface area contributed by atoms with Crippen LogP contribution in [0.4, 0.5) is 0 Å². The smallest absolute Gasteiger partial charge is 0.236 e. The van der Waals surface area contributed by atoms with Gasteiger partial charge in [0.25, 0.3) is 0 Å². The number of hydrogen-bond acceptors (Lipinski definition) is 4. The fourth-order valence-corrected chi connectivity index (χ4v) is 3.78. The fourth-order valence-electron chi connectivity index (χ4n) is 3.78. The Morgan fingerprint density at radius 1 is 0.297 bits per heavy atom. The van der Waals surface area contributed by atoms with Crippen LogP contribution in [0, 0.1) is 0 Å². The van der Waals surface area contributed by atoms with Gasteiger partial charge in [0.2, 0.25) is 0 Å². The summed E-state index contributed by atoms with van der Waals surface area (Å²) in [5, 5.41) is 0. The summed E-state index contributed by atoms with van der Waals surface area (Å²) in [5.74, 6) is 0. The van der Waals surface area contributed by atoms with E-state index in [4.69, 9.17) is 0 Å². The van der Waals surface area contributed by atoms with Crippen LogP contribution in [0.25, 0.3) is 45.0 Å². The average molecular weight is 566 g/mol. The van der Waals surface area contributed by atoms with Gasteiger partial charge in [0.15, 0.2) is 0 Å². The maximum Gasteiger partial charge on any atom is 3.00 e. The topological polar surface area (TPSA) is 51.6 Å². The van der Waals surface area contributed by atoms with Crippen LogP contribution < -0.4 is 0 Å². The zero-order valence-corrected chi connectivity index (χ0v) is 21.7. The van der Waals surface area contributed by atoms with E-state index in [1.165, 1.54) is 0 Å². The van der Waals surface area contributed by atoms with E-state index >= 15 is 0 Å². The summed E-state index contributed by atoms with van der Waals surface area (Å²) in [4.78, 5) is 17.3. The molecule has 0 amide bonds. The minimum atomic E-state index is 0. The van der Waals surface area contributed by atoms with Crippen LogP contribution in [0.15, 0.2) is 146 Å². The van der Waals surface area contributed by atoms with E-state index in [-0.39, 0.29) is 19.5 Å². The van der Waals surface area contributed by atoms with E-state index in [9.17, 15) is 0 Å². The van der Waals surface area contributed by atoms with Gasteiger partial charge in [-0.15, -0.1) is 0 Å². The van der Waals surface area contributed by atoms with Crippen molar-refractivity contribution in [3.63, 3.8) is 0 Å². The minimum absolute atomic E-state index is 0. The molecule has 1 radical (unpaired) electrons. The molecule has 5 heteroatoms. The largest absolute Gasteiger partial charge is 3.00 e. The molecule has 0 atom stereocenters. The molecule has 4 nitrogen and oxygen atoms in total. The number of nitrogens with zero attached hydrogens (tertiary/aromatic N) is 4. The first-order chi connectivity index (χ1) is 17.9. The summed E-state index contributed by atoms with van der Waals surface area (Å²) >= 11 is 0. The molecular weight excluding hydrogens is 541 g/mol. The van der Waals surface area contributed by atoms with Crippen molar-refractivity contribution in [3.8, 4) is 45.0 Å². The molecule has 177 valence electrons. The molecule has 6 rings (SSSR count). The number of benzene rings is 4. The van der Waals surface area contributed by atoms with Crippen molar-refractivity contribution in [2.24, 2.45) is 0 Å². The predicted octanol–water partition coefficient (Wildman–Crippen LogP) is 7.62. The van der Waals surface area contributed by atoms with Crippen LogP contribution in [0.1, 0.15) is 0 Å². The van der Waals surface area contributed by atoms with Crippen molar-refractivity contribution >= 4 is 0 Å². The first kappa shape index (κ1) is 25.7.